The first-order valence-electron chi connectivity index (χ1n) is 4.60. The van der Waals surface area contributed by atoms with Crippen molar-refractivity contribution in [2.45, 2.75) is 56.2 Å². The number of hydrogen-bond acceptors (Lipinski definition) is 1. The molecule has 1 N–H and O–H groups in total. The van der Waals surface area contributed by atoms with Crippen LogP contribution < -0.4 is 5.32 Å². The molecular weight excluding hydrogens is 129 g/mol. The Balaban J connectivity index is 2.66. The summed E-state index contributed by atoms with van der Waals surface area (Å²) in [6.07, 6.45) is 2.60. The zero-order valence-electron chi connectivity index (χ0n) is 8.49. The van der Waals surface area contributed by atoms with Gasteiger partial charge in [-0.05, 0) is 0 Å². The molecule has 0 atom stereocenters. The van der Waals surface area contributed by atoms with Crippen molar-refractivity contribution in [1.82, 2.24) is 5.32 Å². The van der Waals surface area contributed by atoms with Crippen molar-refractivity contribution >= 4 is 17.7 Å². The van der Waals surface area contributed by atoms with Gasteiger partial charge in [0, 0.05) is 0 Å². The molecule has 11 heavy (non-hydrogen) atoms. The minimum absolute atomic E-state index is 0.334. The minimum atomic E-state index is 0.334. The predicted octanol–water partition coefficient (Wildman–Crippen LogP) is 1.88. The Morgan fingerprint density at radius 1 is 1.09 bits per heavy atom. The quantitative estimate of drug-likeness (QED) is 0.516. The van der Waals surface area contributed by atoms with Crippen molar-refractivity contribution in [3.8, 4) is 0 Å². The molecule has 0 aliphatic carbocycles. The summed E-state index contributed by atoms with van der Waals surface area (Å²) in [5, 5.41) is 3.66. The molecule has 1 fully saturated rings. The summed E-state index contributed by atoms with van der Waals surface area (Å²) in [6, 6.07) is 0. The SMILES string of the molecule is [Li][CH]1CC(C)(C)NC(C)(C)C1. The van der Waals surface area contributed by atoms with Crippen molar-refractivity contribution in [3.63, 3.8) is 0 Å². The van der Waals surface area contributed by atoms with E-state index >= 15 is 0 Å². The third-order valence-electron chi connectivity index (χ3n) is 2.39. The monoisotopic (exact) mass is 147 g/mol. The van der Waals surface area contributed by atoms with Crippen molar-refractivity contribution in [2.24, 2.45) is 0 Å². The summed E-state index contributed by atoms with van der Waals surface area (Å²) in [4.78, 5) is 0. The molecule has 1 rings (SSSR count). The maximum atomic E-state index is 3.66. The van der Waals surface area contributed by atoms with Crippen LogP contribution in [0.2, 0.25) is 4.59 Å². The van der Waals surface area contributed by atoms with E-state index in [0.29, 0.717) is 11.1 Å². The van der Waals surface area contributed by atoms with E-state index in [4.69, 9.17) is 0 Å². The van der Waals surface area contributed by atoms with Gasteiger partial charge in [-0.1, -0.05) is 0 Å². The van der Waals surface area contributed by atoms with Crippen molar-refractivity contribution in [2.75, 3.05) is 0 Å². The normalized spacial score (nSPS) is 30.4. The second-order valence-electron chi connectivity index (χ2n) is 5.41. The second-order valence-corrected chi connectivity index (χ2v) is 5.41. The van der Waals surface area contributed by atoms with Gasteiger partial charge >= 0.3 is 79.2 Å². The standard InChI is InChI=1S/C9H18N.Li/c1-8(2)6-5-7-9(3,4)10-8;/h5,10H,6-7H2,1-4H3;. The van der Waals surface area contributed by atoms with Crippen LogP contribution in [0.3, 0.4) is 0 Å². The first-order valence-corrected chi connectivity index (χ1v) is 4.60. The molecule has 1 aliphatic rings. The molecule has 60 valence electrons. The van der Waals surface area contributed by atoms with E-state index in [1.165, 1.54) is 12.8 Å². The van der Waals surface area contributed by atoms with Gasteiger partial charge in [0.2, 0.25) is 0 Å². The van der Waals surface area contributed by atoms with Gasteiger partial charge in [0.05, 0.1) is 0 Å². The van der Waals surface area contributed by atoms with Crippen molar-refractivity contribution in [1.29, 1.82) is 0 Å². The van der Waals surface area contributed by atoms with Gasteiger partial charge in [0.1, 0.15) is 0 Å². The first kappa shape index (κ1) is 9.64. The van der Waals surface area contributed by atoms with Gasteiger partial charge < -0.3 is 0 Å². The Morgan fingerprint density at radius 2 is 1.45 bits per heavy atom. The molecule has 1 aliphatic heterocycles. The Morgan fingerprint density at radius 3 is 1.73 bits per heavy atom. The van der Waals surface area contributed by atoms with Gasteiger partial charge in [-0.3, -0.25) is 0 Å². The third kappa shape index (κ3) is 2.82. The van der Waals surface area contributed by atoms with Crippen LogP contribution in [0.1, 0.15) is 40.5 Å². The molecule has 0 aromatic heterocycles. The summed E-state index contributed by atoms with van der Waals surface area (Å²) in [7, 11) is 0. The molecule has 0 radical (unpaired) electrons. The molecule has 1 heterocycles. The van der Waals surface area contributed by atoms with E-state index in [-0.39, 0.29) is 0 Å². The van der Waals surface area contributed by atoms with Crippen LogP contribution in [-0.2, 0) is 0 Å². The van der Waals surface area contributed by atoms with Gasteiger partial charge in [0.15, 0.2) is 0 Å². The number of rotatable bonds is 0. The van der Waals surface area contributed by atoms with Crippen LogP contribution in [0.5, 0.6) is 0 Å². The van der Waals surface area contributed by atoms with E-state index in [9.17, 15) is 0 Å². The fourth-order valence-electron chi connectivity index (χ4n) is 2.83. The topological polar surface area (TPSA) is 12.0 Å². The van der Waals surface area contributed by atoms with Gasteiger partial charge in [0.25, 0.3) is 0 Å². The fourth-order valence-corrected chi connectivity index (χ4v) is 2.83. The van der Waals surface area contributed by atoms with Crippen LogP contribution >= 0.6 is 0 Å². The van der Waals surface area contributed by atoms with E-state index in [1.54, 1.807) is 0 Å². The molecule has 0 amide bonds. The summed E-state index contributed by atoms with van der Waals surface area (Å²) >= 11 is 2.35. The Bertz CT molecular complexity index is 136. The number of nitrogens with one attached hydrogen (secondary N) is 1. The predicted molar refractivity (Wildman–Crippen MR) is 50.0 cm³/mol. The molecule has 0 aromatic rings. The summed E-state index contributed by atoms with van der Waals surface area (Å²) in [5.41, 5.74) is 0.669. The van der Waals surface area contributed by atoms with Crippen LogP contribution in [0.4, 0.5) is 0 Å². The zero-order chi connectivity index (χ0) is 8.70. The number of hydrogen-bond donors (Lipinski definition) is 1. The Hall–Kier alpha value is 0.557. The van der Waals surface area contributed by atoms with Gasteiger partial charge in [-0.2, -0.15) is 0 Å². The Kier molecular flexibility index (Phi) is 2.46. The average molecular weight is 147 g/mol. The summed E-state index contributed by atoms with van der Waals surface area (Å²) in [5.74, 6) is 0. The molecule has 1 saturated heterocycles. The molecule has 0 saturated carbocycles. The molecule has 0 bridgehead atoms. The fraction of sp³-hybridized carbons (Fsp3) is 1.00. The molecule has 1 nitrogen and oxygen atoms in total. The van der Waals surface area contributed by atoms with Gasteiger partial charge in [-0.25, -0.2) is 0 Å². The van der Waals surface area contributed by atoms with Crippen LogP contribution in [-0.4, -0.2) is 28.8 Å². The van der Waals surface area contributed by atoms with Crippen molar-refractivity contribution in [3.05, 3.63) is 0 Å². The summed E-state index contributed by atoms with van der Waals surface area (Å²) < 4.78 is 0.862. The second kappa shape index (κ2) is 2.80. The molecule has 0 aromatic carbocycles. The van der Waals surface area contributed by atoms with Crippen LogP contribution in [0.25, 0.3) is 0 Å². The summed E-state index contributed by atoms with van der Waals surface area (Å²) in [6.45, 7) is 9.18. The van der Waals surface area contributed by atoms with E-state index in [0.717, 1.165) is 4.59 Å². The molecule has 0 spiro atoms. The average Bonchev–Trinajstić information content (AvgIpc) is 1.49. The van der Waals surface area contributed by atoms with Gasteiger partial charge in [-0.15, -0.1) is 0 Å². The first-order chi connectivity index (χ1) is 4.81. The van der Waals surface area contributed by atoms with Crippen molar-refractivity contribution < 1.29 is 0 Å². The maximum absolute atomic E-state index is 3.66. The van der Waals surface area contributed by atoms with E-state index in [1.807, 2.05) is 0 Å². The molecular formula is C9H18LiN. The Labute approximate surface area is 79.5 Å². The zero-order valence-corrected chi connectivity index (χ0v) is 8.49. The van der Waals surface area contributed by atoms with Crippen LogP contribution in [0.15, 0.2) is 0 Å². The van der Waals surface area contributed by atoms with Crippen LogP contribution in [0, 0.1) is 0 Å². The molecule has 2 heteroatoms. The number of piperidine rings is 1. The van der Waals surface area contributed by atoms with E-state index < -0.39 is 0 Å². The third-order valence-corrected chi connectivity index (χ3v) is 2.39. The molecule has 0 unspecified atom stereocenters. The van der Waals surface area contributed by atoms with E-state index in [2.05, 4.69) is 50.7 Å².